The highest BCUT2D eigenvalue weighted by atomic mass is 19.2. The Morgan fingerprint density at radius 2 is 1.83 bits per heavy atom. The summed E-state index contributed by atoms with van der Waals surface area (Å²) in [4.78, 5) is 32.8. The van der Waals surface area contributed by atoms with Gasteiger partial charge in [0.1, 0.15) is 0 Å². The average Bonchev–Trinajstić information content (AvgIpc) is 2.89. The number of carbonyl (C=O) groups is 1. The van der Waals surface area contributed by atoms with Crippen molar-refractivity contribution >= 4 is 11.5 Å². The van der Waals surface area contributed by atoms with Gasteiger partial charge in [-0.05, 0) is 36.8 Å². The van der Waals surface area contributed by atoms with E-state index >= 15 is 0 Å². The topological polar surface area (TPSA) is 116 Å². The lowest BCUT2D eigenvalue weighted by Gasteiger charge is -2.10. The first-order valence-electron chi connectivity index (χ1n) is 10.8. The molecule has 36 heavy (non-hydrogen) atoms. The third-order valence-corrected chi connectivity index (χ3v) is 5.01. The number of nitrogens with two attached hydrogens (primary N) is 1. The van der Waals surface area contributed by atoms with E-state index in [1.54, 1.807) is 19.1 Å². The second kappa shape index (κ2) is 11.8. The molecule has 0 spiro atoms. The minimum atomic E-state index is -1.59. The van der Waals surface area contributed by atoms with Crippen molar-refractivity contribution < 1.29 is 18.0 Å². The Bertz CT molecular complexity index is 1370. The predicted molar refractivity (Wildman–Crippen MR) is 129 cm³/mol. The number of aromatic nitrogens is 4. The normalized spacial score (nSPS) is 11.9. The number of carbonyl (C=O) groups excluding carboxylic acids is 1. The summed E-state index contributed by atoms with van der Waals surface area (Å²) in [5.74, 6) is -4.36. The van der Waals surface area contributed by atoms with Gasteiger partial charge in [0.15, 0.2) is 23.3 Å². The molecule has 1 amide bonds. The van der Waals surface area contributed by atoms with Crippen molar-refractivity contribution in [3.63, 3.8) is 0 Å². The molecule has 3 aromatic rings. The molecule has 0 atom stereocenters. The number of amides is 1. The molecule has 0 aliphatic heterocycles. The molecule has 2 heterocycles. The molecule has 0 saturated carbocycles. The van der Waals surface area contributed by atoms with Gasteiger partial charge in [0.2, 0.25) is 0 Å². The number of allylic oxidation sites excluding steroid dienone is 5. The standard InChI is InChI=1S/C25H23F3N6O2/c1-3-15(9-16(4-2)24-31-12-18(13-32-24)25(36)30-8-7-29)14-34-22(35)6-5-21(33-34)17-10-19(26)23(28)20(27)11-17/h3-6,9-13H,2,7-8,14,29H2,1H3,(H,30,36)/b15-3+,16-9+. The molecular formula is C25H23F3N6O2. The summed E-state index contributed by atoms with van der Waals surface area (Å²) in [6, 6.07) is 4.10. The molecule has 0 unspecified atom stereocenters. The first-order valence-corrected chi connectivity index (χ1v) is 10.8. The van der Waals surface area contributed by atoms with Crippen LogP contribution in [0.1, 0.15) is 23.1 Å². The lowest BCUT2D eigenvalue weighted by molar-refractivity contribution is 0.0954. The number of hydrogen-bond acceptors (Lipinski definition) is 6. The second-order valence-electron chi connectivity index (χ2n) is 7.48. The number of benzene rings is 1. The molecule has 2 aromatic heterocycles. The minimum Gasteiger partial charge on any atom is -0.351 e. The SMILES string of the molecule is C=C/C(=C\C(=C/C)Cn1nc(-c2cc(F)c(F)c(F)c2)ccc1=O)c1ncc(C(=O)NCCN)cn1. The van der Waals surface area contributed by atoms with Crippen molar-refractivity contribution in [2.24, 2.45) is 5.73 Å². The Morgan fingerprint density at radius 1 is 1.17 bits per heavy atom. The van der Waals surface area contributed by atoms with Crippen LogP contribution in [0.25, 0.3) is 16.8 Å². The van der Waals surface area contributed by atoms with Gasteiger partial charge >= 0.3 is 0 Å². The molecule has 186 valence electrons. The Kier molecular flexibility index (Phi) is 8.63. The number of nitrogens with one attached hydrogen (secondary N) is 1. The van der Waals surface area contributed by atoms with E-state index < -0.39 is 23.0 Å². The maximum absolute atomic E-state index is 13.7. The lowest BCUT2D eigenvalue weighted by Crippen LogP contribution is -2.29. The quantitative estimate of drug-likeness (QED) is 0.348. The minimum absolute atomic E-state index is 0.00620. The summed E-state index contributed by atoms with van der Waals surface area (Å²) in [6.45, 7) is 6.15. The summed E-state index contributed by atoms with van der Waals surface area (Å²) < 4.78 is 41.7. The van der Waals surface area contributed by atoms with E-state index in [0.29, 0.717) is 30.1 Å². The van der Waals surface area contributed by atoms with Gasteiger partial charge < -0.3 is 11.1 Å². The van der Waals surface area contributed by atoms with E-state index in [-0.39, 0.29) is 29.3 Å². The highest BCUT2D eigenvalue weighted by molar-refractivity contribution is 5.93. The van der Waals surface area contributed by atoms with Crippen LogP contribution in [0.15, 0.2) is 71.8 Å². The van der Waals surface area contributed by atoms with Crippen LogP contribution < -0.4 is 16.6 Å². The molecule has 0 fully saturated rings. The van der Waals surface area contributed by atoms with Crippen LogP contribution in [-0.2, 0) is 6.54 Å². The number of rotatable bonds is 9. The molecule has 0 bridgehead atoms. The highest BCUT2D eigenvalue weighted by Crippen LogP contribution is 2.22. The zero-order chi connectivity index (χ0) is 26.2. The van der Waals surface area contributed by atoms with Crippen LogP contribution >= 0.6 is 0 Å². The first kappa shape index (κ1) is 26.2. The van der Waals surface area contributed by atoms with Crippen molar-refractivity contribution in [1.29, 1.82) is 0 Å². The van der Waals surface area contributed by atoms with Crippen molar-refractivity contribution in [2.45, 2.75) is 13.5 Å². The fourth-order valence-corrected chi connectivity index (χ4v) is 3.11. The van der Waals surface area contributed by atoms with E-state index in [1.165, 1.54) is 30.6 Å². The Labute approximate surface area is 204 Å². The van der Waals surface area contributed by atoms with Crippen molar-refractivity contribution in [3.05, 3.63) is 106 Å². The van der Waals surface area contributed by atoms with Gasteiger partial charge in [0, 0.05) is 42.7 Å². The van der Waals surface area contributed by atoms with Crippen LogP contribution in [0, 0.1) is 17.5 Å². The molecule has 3 N–H and O–H groups in total. The highest BCUT2D eigenvalue weighted by Gasteiger charge is 2.14. The molecule has 3 rings (SSSR count). The smallest absolute Gasteiger partial charge is 0.267 e. The third kappa shape index (κ3) is 6.19. The predicted octanol–water partition coefficient (Wildman–Crippen LogP) is 3.02. The Morgan fingerprint density at radius 3 is 2.42 bits per heavy atom. The summed E-state index contributed by atoms with van der Waals surface area (Å²) in [7, 11) is 0. The molecular weight excluding hydrogens is 473 g/mol. The van der Waals surface area contributed by atoms with Crippen LogP contribution in [0.3, 0.4) is 0 Å². The zero-order valence-corrected chi connectivity index (χ0v) is 19.3. The molecule has 0 aliphatic carbocycles. The van der Waals surface area contributed by atoms with Gasteiger partial charge in [-0.25, -0.2) is 27.8 Å². The third-order valence-electron chi connectivity index (χ3n) is 5.01. The van der Waals surface area contributed by atoms with Gasteiger partial charge in [0.05, 0.1) is 17.8 Å². The summed E-state index contributed by atoms with van der Waals surface area (Å²) >= 11 is 0. The molecule has 8 nitrogen and oxygen atoms in total. The summed E-state index contributed by atoms with van der Waals surface area (Å²) in [5.41, 5.74) is 6.39. The fourth-order valence-electron chi connectivity index (χ4n) is 3.11. The number of halogens is 3. The van der Waals surface area contributed by atoms with Crippen LogP contribution in [0.4, 0.5) is 13.2 Å². The van der Waals surface area contributed by atoms with Gasteiger partial charge in [-0.1, -0.05) is 18.7 Å². The van der Waals surface area contributed by atoms with Gasteiger partial charge in [-0.15, -0.1) is 0 Å². The summed E-state index contributed by atoms with van der Waals surface area (Å²) in [6.07, 6.45) is 7.68. The van der Waals surface area contributed by atoms with Gasteiger partial charge in [0.25, 0.3) is 11.5 Å². The van der Waals surface area contributed by atoms with E-state index in [4.69, 9.17) is 5.73 Å². The summed E-state index contributed by atoms with van der Waals surface area (Å²) in [5, 5.41) is 6.79. The molecule has 1 aromatic carbocycles. The molecule has 0 radical (unpaired) electrons. The maximum atomic E-state index is 13.7. The van der Waals surface area contributed by atoms with Crippen molar-refractivity contribution in [2.75, 3.05) is 13.1 Å². The van der Waals surface area contributed by atoms with E-state index in [9.17, 15) is 22.8 Å². The second-order valence-corrected chi connectivity index (χ2v) is 7.48. The molecule has 11 heteroatoms. The van der Waals surface area contributed by atoms with E-state index in [0.717, 1.165) is 16.8 Å². The average molecular weight is 496 g/mol. The van der Waals surface area contributed by atoms with Crippen LogP contribution in [0.2, 0.25) is 0 Å². The Balaban J connectivity index is 1.87. The van der Waals surface area contributed by atoms with Gasteiger partial charge in [-0.3, -0.25) is 9.59 Å². The number of hydrogen-bond donors (Lipinski definition) is 2. The first-order chi connectivity index (χ1) is 17.3. The van der Waals surface area contributed by atoms with Gasteiger partial charge in [-0.2, -0.15) is 5.10 Å². The fraction of sp³-hybridized carbons (Fsp3) is 0.160. The van der Waals surface area contributed by atoms with Crippen molar-refractivity contribution in [3.8, 4) is 11.3 Å². The van der Waals surface area contributed by atoms with E-state index in [2.05, 4.69) is 27.0 Å². The van der Waals surface area contributed by atoms with Crippen molar-refractivity contribution in [1.82, 2.24) is 25.1 Å². The lowest BCUT2D eigenvalue weighted by atomic mass is 10.1. The molecule has 0 aliphatic rings. The molecule has 0 saturated heterocycles. The van der Waals surface area contributed by atoms with E-state index in [1.807, 2.05) is 0 Å². The monoisotopic (exact) mass is 496 g/mol. The zero-order valence-electron chi connectivity index (χ0n) is 19.3. The van der Waals surface area contributed by atoms with Crippen LogP contribution in [0.5, 0.6) is 0 Å². The maximum Gasteiger partial charge on any atom is 0.267 e. The Hall–Kier alpha value is -4.38. The largest absolute Gasteiger partial charge is 0.351 e. The number of nitrogens with zero attached hydrogens (tertiary/aromatic N) is 4. The van der Waals surface area contributed by atoms with Crippen LogP contribution in [-0.4, -0.2) is 38.7 Å².